The topological polar surface area (TPSA) is 9.23 Å². The molecule has 0 aromatic heterocycles. The molecule has 2 rings (SSSR count). The predicted molar refractivity (Wildman–Crippen MR) is 62.4 cm³/mol. The van der Waals surface area contributed by atoms with Crippen LogP contribution in [0.25, 0.3) is 0 Å². The molecule has 2 aromatic rings. The molecule has 0 heterocycles. The molecule has 0 fully saturated rings. The van der Waals surface area contributed by atoms with E-state index in [0.717, 1.165) is 11.3 Å². The molecule has 1 nitrogen and oxygen atoms in total. The lowest BCUT2D eigenvalue weighted by Gasteiger charge is -2.08. The van der Waals surface area contributed by atoms with E-state index in [1.165, 1.54) is 17.7 Å². The zero-order valence-electron chi connectivity index (χ0n) is 9.33. The molecule has 0 aliphatic rings. The maximum Gasteiger partial charge on any atom is 0.130 e. The molecule has 0 saturated heterocycles. The monoisotopic (exact) mass is 216 g/mol. The van der Waals surface area contributed by atoms with Gasteiger partial charge in [-0.05, 0) is 49.7 Å². The number of rotatable bonds is 2. The Kier molecular flexibility index (Phi) is 2.91. The zero-order chi connectivity index (χ0) is 11.5. The molecule has 0 saturated carbocycles. The fourth-order valence-electron chi connectivity index (χ4n) is 1.46. The van der Waals surface area contributed by atoms with Crippen LogP contribution in [0.5, 0.6) is 11.5 Å². The summed E-state index contributed by atoms with van der Waals surface area (Å²) in [5, 5.41) is 0. The van der Waals surface area contributed by atoms with Gasteiger partial charge in [0.05, 0.1) is 0 Å². The Morgan fingerprint density at radius 2 is 1.62 bits per heavy atom. The molecule has 0 spiro atoms. The highest BCUT2D eigenvalue weighted by atomic mass is 19.1. The minimum absolute atomic E-state index is 0.242. The van der Waals surface area contributed by atoms with Gasteiger partial charge in [-0.3, -0.25) is 0 Å². The Bertz CT molecular complexity index is 489. The molecule has 0 amide bonds. The fraction of sp³-hybridized carbons (Fsp3) is 0.143. The molecule has 16 heavy (non-hydrogen) atoms. The fourth-order valence-corrected chi connectivity index (χ4v) is 1.46. The quantitative estimate of drug-likeness (QED) is 0.729. The van der Waals surface area contributed by atoms with Crippen molar-refractivity contribution in [3.05, 3.63) is 59.4 Å². The first-order chi connectivity index (χ1) is 7.65. The predicted octanol–water partition coefficient (Wildman–Crippen LogP) is 4.23. The van der Waals surface area contributed by atoms with Gasteiger partial charge in [-0.15, -0.1) is 0 Å². The van der Waals surface area contributed by atoms with Gasteiger partial charge in [-0.2, -0.15) is 0 Å². The molecule has 2 aromatic carbocycles. The Morgan fingerprint density at radius 1 is 0.938 bits per heavy atom. The number of hydrogen-bond acceptors (Lipinski definition) is 1. The summed E-state index contributed by atoms with van der Waals surface area (Å²) in [6.45, 7) is 3.85. The van der Waals surface area contributed by atoms with Crippen LogP contribution in [0.2, 0.25) is 0 Å². The largest absolute Gasteiger partial charge is 0.457 e. The van der Waals surface area contributed by atoms with E-state index >= 15 is 0 Å². The minimum atomic E-state index is -0.242. The summed E-state index contributed by atoms with van der Waals surface area (Å²) in [7, 11) is 0. The van der Waals surface area contributed by atoms with E-state index in [2.05, 4.69) is 0 Å². The third-order valence-corrected chi connectivity index (χ3v) is 2.39. The smallest absolute Gasteiger partial charge is 0.130 e. The van der Waals surface area contributed by atoms with Crippen LogP contribution in [0.3, 0.4) is 0 Å². The summed E-state index contributed by atoms with van der Waals surface area (Å²) >= 11 is 0. The van der Waals surface area contributed by atoms with Crippen LogP contribution in [0.15, 0.2) is 42.5 Å². The average Bonchev–Trinajstić information content (AvgIpc) is 2.25. The minimum Gasteiger partial charge on any atom is -0.457 e. The maximum atomic E-state index is 12.9. The zero-order valence-corrected chi connectivity index (χ0v) is 9.33. The Hall–Kier alpha value is -1.83. The van der Waals surface area contributed by atoms with Crippen molar-refractivity contribution >= 4 is 0 Å². The molecule has 0 unspecified atom stereocenters. The molecule has 0 aliphatic heterocycles. The van der Waals surface area contributed by atoms with E-state index in [1.54, 1.807) is 6.07 Å². The van der Waals surface area contributed by atoms with Crippen molar-refractivity contribution in [3.63, 3.8) is 0 Å². The SMILES string of the molecule is Cc1ccc(Oc2ccc(F)cc2C)cc1. The van der Waals surface area contributed by atoms with Gasteiger partial charge in [0.2, 0.25) is 0 Å². The van der Waals surface area contributed by atoms with Crippen molar-refractivity contribution in [2.75, 3.05) is 0 Å². The number of halogens is 1. The van der Waals surface area contributed by atoms with Crippen LogP contribution in [0.4, 0.5) is 4.39 Å². The third kappa shape index (κ3) is 2.40. The van der Waals surface area contributed by atoms with Gasteiger partial charge in [-0.25, -0.2) is 4.39 Å². The maximum absolute atomic E-state index is 12.9. The molecule has 2 heteroatoms. The van der Waals surface area contributed by atoms with Crippen molar-refractivity contribution in [1.29, 1.82) is 0 Å². The van der Waals surface area contributed by atoms with Gasteiger partial charge in [0, 0.05) is 0 Å². The molecule has 0 N–H and O–H groups in total. The van der Waals surface area contributed by atoms with E-state index in [1.807, 2.05) is 38.1 Å². The molecular formula is C14H13FO. The van der Waals surface area contributed by atoms with E-state index < -0.39 is 0 Å². The highest BCUT2D eigenvalue weighted by Crippen LogP contribution is 2.25. The summed E-state index contributed by atoms with van der Waals surface area (Å²) in [5.74, 6) is 1.21. The molecule has 0 radical (unpaired) electrons. The van der Waals surface area contributed by atoms with Gasteiger partial charge in [0.25, 0.3) is 0 Å². The Labute approximate surface area is 94.5 Å². The molecule has 0 bridgehead atoms. The standard InChI is InChI=1S/C14H13FO/c1-10-3-6-13(7-4-10)16-14-8-5-12(15)9-11(14)2/h3-9H,1-2H3. The van der Waals surface area contributed by atoms with Crippen LogP contribution < -0.4 is 4.74 Å². The van der Waals surface area contributed by atoms with Crippen LogP contribution in [0.1, 0.15) is 11.1 Å². The first-order valence-corrected chi connectivity index (χ1v) is 5.16. The van der Waals surface area contributed by atoms with Crippen molar-refractivity contribution in [3.8, 4) is 11.5 Å². The van der Waals surface area contributed by atoms with Crippen LogP contribution in [-0.2, 0) is 0 Å². The summed E-state index contributed by atoms with van der Waals surface area (Å²) in [4.78, 5) is 0. The first kappa shape index (κ1) is 10.7. The molecular weight excluding hydrogens is 203 g/mol. The Morgan fingerprint density at radius 3 is 2.25 bits per heavy atom. The van der Waals surface area contributed by atoms with Gasteiger partial charge >= 0.3 is 0 Å². The number of aryl methyl sites for hydroxylation is 2. The van der Waals surface area contributed by atoms with Gasteiger partial charge in [0.1, 0.15) is 17.3 Å². The Balaban J connectivity index is 2.23. The highest BCUT2D eigenvalue weighted by Gasteiger charge is 2.02. The lowest BCUT2D eigenvalue weighted by Crippen LogP contribution is -1.88. The second kappa shape index (κ2) is 4.35. The van der Waals surface area contributed by atoms with E-state index in [9.17, 15) is 4.39 Å². The van der Waals surface area contributed by atoms with Gasteiger partial charge in [0.15, 0.2) is 0 Å². The van der Waals surface area contributed by atoms with E-state index in [0.29, 0.717) is 5.75 Å². The second-order valence-corrected chi connectivity index (χ2v) is 3.82. The first-order valence-electron chi connectivity index (χ1n) is 5.16. The van der Waals surface area contributed by atoms with Crippen LogP contribution in [-0.4, -0.2) is 0 Å². The summed E-state index contributed by atoms with van der Waals surface area (Å²) in [5.41, 5.74) is 1.98. The van der Waals surface area contributed by atoms with E-state index in [4.69, 9.17) is 4.74 Å². The molecule has 0 atom stereocenters. The van der Waals surface area contributed by atoms with Gasteiger partial charge < -0.3 is 4.74 Å². The lowest BCUT2D eigenvalue weighted by molar-refractivity contribution is 0.476. The summed E-state index contributed by atoms with van der Waals surface area (Å²) in [6, 6.07) is 12.3. The lowest BCUT2D eigenvalue weighted by atomic mass is 10.2. The average molecular weight is 216 g/mol. The molecule has 0 aliphatic carbocycles. The highest BCUT2D eigenvalue weighted by molar-refractivity contribution is 5.37. The van der Waals surface area contributed by atoms with Crippen LogP contribution >= 0.6 is 0 Å². The van der Waals surface area contributed by atoms with Crippen molar-refractivity contribution in [2.45, 2.75) is 13.8 Å². The third-order valence-electron chi connectivity index (χ3n) is 2.39. The van der Waals surface area contributed by atoms with Crippen molar-refractivity contribution in [2.24, 2.45) is 0 Å². The second-order valence-electron chi connectivity index (χ2n) is 3.82. The normalized spacial score (nSPS) is 10.2. The number of ether oxygens (including phenoxy) is 1. The van der Waals surface area contributed by atoms with Crippen molar-refractivity contribution < 1.29 is 9.13 Å². The summed E-state index contributed by atoms with van der Waals surface area (Å²) < 4.78 is 18.5. The van der Waals surface area contributed by atoms with Crippen molar-refractivity contribution in [1.82, 2.24) is 0 Å². The number of benzene rings is 2. The summed E-state index contributed by atoms with van der Waals surface area (Å²) in [6.07, 6.45) is 0. The van der Waals surface area contributed by atoms with Gasteiger partial charge in [-0.1, -0.05) is 17.7 Å². The molecule has 82 valence electrons. The van der Waals surface area contributed by atoms with Crippen LogP contribution in [0, 0.1) is 19.7 Å². The number of hydrogen-bond donors (Lipinski definition) is 0. The van der Waals surface area contributed by atoms with E-state index in [-0.39, 0.29) is 5.82 Å².